The van der Waals surface area contributed by atoms with Crippen molar-refractivity contribution in [3.63, 3.8) is 0 Å². The minimum absolute atomic E-state index is 0.468. The average Bonchev–Trinajstić information content (AvgIpc) is 3.09. The first kappa shape index (κ1) is 14.1. The number of halogens is 1. The van der Waals surface area contributed by atoms with Crippen LogP contribution in [-0.2, 0) is 4.79 Å². The van der Waals surface area contributed by atoms with Gasteiger partial charge in [0.1, 0.15) is 4.88 Å². The summed E-state index contributed by atoms with van der Waals surface area (Å²) in [4.78, 5) is 13.6. The number of carbonyl (C=O) groups is 1. The number of aromatic nitrogens is 4. The van der Waals surface area contributed by atoms with E-state index in [-0.39, 0.29) is 0 Å². The number of hydrogen-bond acceptors (Lipinski definition) is 7. The highest BCUT2D eigenvalue weighted by Crippen LogP contribution is 2.34. The van der Waals surface area contributed by atoms with Crippen LogP contribution in [0.1, 0.15) is 5.69 Å². The predicted octanol–water partition coefficient (Wildman–Crippen LogP) is 3.31. The Morgan fingerprint density at radius 2 is 2.14 bits per heavy atom. The Morgan fingerprint density at radius 3 is 2.81 bits per heavy atom. The van der Waals surface area contributed by atoms with Crippen molar-refractivity contribution >= 4 is 51.7 Å². The molecular formula is C12H8ClN5OS2. The lowest BCUT2D eigenvalue weighted by atomic mass is 10.3. The Balaban J connectivity index is 1.98. The number of amides is 1. The molecule has 0 aliphatic heterocycles. The van der Waals surface area contributed by atoms with Gasteiger partial charge >= 0.3 is 0 Å². The van der Waals surface area contributed by atoms with Crippen molar-refractivity contribution < 1.29 is 4.79 Å². The molecule has 3 rings (SSSR count). The van der Waals surface area contributed by atoms with Crippen LogP contribution in [0.4, 0.5) is 10.8 Å². The molecule has 106 valence electrons. The van der Waals surface area contributed by atoms with Crippen LogP contribution in [0.25, 0.3) is 9.88 Å². The SMILES string of the molecule is Cc1nnsc1-c1nnc(N(C=O)c2cccc(Cl)c2)s1. The quantitative estimate of drug-likeness (QED) is 0.683. The van der Waals surface area contributed by atoms with E-state index in [2.05, 4.69) is 19.8 Å². The van der Waals surface area contributed by atoms with Crippen LogP contribution in [0, 0.1) is 6.92 Å². The monoisotopic (exact) mass is 337 g/mol. The Kier molecular flexibility index (Phi) is 3.91. The highest BCUT2D eigenvalue weighted by Gasteiger charge is 2.17. The standard InChI is InChI=1S/C12H8ClN5OS2/c1-7-10(21-17-14-7)11-15-16-12(20-11)18(6-19)9-4-2-3-8(13)5-9/h2-6H,1H3. The summed E-state index contributed by atoms with van der Waals surface area (Å²) in [7, 11) is 0. The highest BCUT2D eigenvalue weighted by atomic mass is 35.5. The molecule has 0 aliphatic rings. The van der Waals surface area contributed by atoms with E-state index < -0.39 is 0 Å². The first-order chi connectivity index (χ1) is 10.2. The summed E-state index contributed by atoms with van der Waals surface area (Å²) in [5.41, 5.74) is 1.43. The number of rotatable bonds is 4. The van der Waals surface area contributed by atoms with Crippen LogP contribution >= 0.6 is 34.5 Å². The van der Waals surface area contributed by atoms with Gasteiger partial charge in [-0.3, -0.25) is 9.69 Å². The van der Waals surface area contributed by atoms with Crippen molar-refractivity contribution in [3.05, 3.63) is 35.0 Å². The summed E-state index contributed by atoms with van der Waals surface area (Å²) in [5.74, 6) is 0. The van der Waals surface area contributed by atoms with Gasteiger partial charge in [0, 0.05) is 5.02 Å². The van der Waals surface area contributed by atoms with Crippen LogP contribution in [-0.4, -0.2) is 26.2 Å². The molecule has 3 aromatic rings. The summed E-state index contributed by atoms with van der Waals surface area (Å²) < 4.78 is 3.87. The van der Waals surface area contributed by atoms with E-state index in [0.717, 1.165) is 10.6 Å². The molecule has 0 radical (unpaired) electrons. The molecule has 0 N–H and O–H groups in total. The number of carbonyl (C=O) groups excluding carboxylic acids is 1. The fourth-order valence-corrected chi connectivity index (χ4v) is 3.46. The third-order valence-electron chi connectivity index (χ3n) is 2.66. The molecule has 0 spiro atoms. The van der Waals surface area contributed by atoms with Gasteiger partial charge in [-0.1, -0.05) is 33.5 Å². The van der Waals surface area contributed by atoms with Crippen LogP contribution in [0.3, 0.4) is 0 Å². The zero-order chi connectivity index (χ0) is 14.8. The largest absolute Gasteiger partial charge is 0.278 e. The summed E-state index contributed by atoms with van der Waals surface area (Å²) >= 11 is 8.50. The van der Waals surface area contributed by atoms with E-state index in [9.17, 15) is 4.79 Å². The molecule has 0 bridgehead atoms. The van der Waals surface area contributed by atoms with Crippen molar-refractivity contribution in [1.29, 1.82) is 0 Å². The molecule has 2 aromatic heterocycles. The van der Waals surface area contributed by atoms with E-state index in [1.807, 2.05) is 6.92 Å². The van der Waals surface area contributed by atoms with Gasteiger partial charge in [0.25, 0.3) is 0 Å². The number of benzene rings is 1. The Bertz CT molecular complexity index is 787. The van der Waals surface area contributed by atoms with Crippen molar-refractivity contribution in [1.82, 2.24) is 19.8 Å². The molecule has 6 nitrogen and oxygen atoms in total. The van der Waals surface area contributed by atoms with Gasteiger partial charge in [0.05, 0.1) is 11.4 Å². The van der Waals surface area contributed by atoms with Crippen molar-refractivity contribution in [2.24, 2.45) is 0 Å². The second-order valence-corrected chi connectivity index (χ2v) is 6.18. The van der Waals surface area contributed by atoms with Gasteiger partial charge in [0.2, 0.25) is 11.5 Å². The lowest BCUT2D eigenvalue weighted by Gasteiger charge is -2.13. The van der Waals surface area contributed by atoms with Gasteiger partial charge in [-0.05, 0) is 36.7 Å². The number of anilines is 2. The van der Waals surface area contributed by atoms with Crippen molar-refractivity contribution in [2.75, 3.05) is 4.90 Å². The van der Waals surface area contributed by atoms with Gasteiger partial charge < -0.3 is 0 Å². The van der Waals surface area contributed by atoms with Crippen LogP contribution in [0.15, 0.2) is 24.3 Å². The number of nitrogens with zero attached hydrogens (tertiary/aromatic N) is 5. The summed E-state index contributed by atoms with van der Waals surface area (Å²) in [6.07, 6.45) is 0.688. The van der Waals surface area contributed by atoms with Crippen LogP contribution in [0.5, 0.6) is 0 Å². The first-order valence-electron chi connectivity index (χ1n) is 5.82. The van der Waals surface area contributed by atoms with Gasteiger partial charge in [0.15, 0.2) is 5.01 Å². The Labute approximate surface area is 133 Å². The second-order valence-electron chi connectivity index (χ2n) is 4.03. The summed E-state index contributed by atoms with van der Waals surface area (Å²) in [6.45, 7) is 1.86. The summed E-state index contributed by atoms with van der Waals surface area (Å²) in [6, 6.07) is 6.98. The van der Waals surface area contributed by atoms with E-state index >= 15 is 0 Å². The molecule has 0 saturated carbocycles. The molecule has 1 aromatic carbocycles. The minimum atomic E-state index is 0.468. The number of aryl methyl sites for hydroxylation is 1. The maximum atomic E-state index is 11.4. The smallest absolute Gasteiger partial charge is 0.220 e. The highest BCUT2D eigenvalue weighted by molar-refractivity contribution is 7.22. The molecule has 9 heteroatoms. The van der Waals surface area contributed by atoms with Crippen LogP contribution < -0.4 is 4.90 Å². The molecule has 0 fully saturated rings. The summed E-state index contributed by atoms with van der Waals surface area (Å²) in [5, 5.41) is 13.8. The maximum absolute atomic E-state index is 11.4. The molecular weight excluding hydrogens is 330 g/mol. The third kappa shape index (κ3) is 2.78. The lowest BCUT2D eigenvalue weighted by molar-refractivity contribution is -0.106. The lowest BCUT2D eigenvalue weighted by Crippen LogP contribution is -2.13. The van der Waals surface area contributed by atoms with Crippen molar-refractivity contribution in [3.8, 4) is 9.88 Å². The molecule has 2 heterocycles. The number of hydrogen-bond donors (Lipinski definition) is 0. The topological polar surface area (TPSA) is 71.9 Å². The zero-order valence-corrected chi connectivity index (χ0v) is 13.1. The predicted molar refractivity (Wildman–Crippen MR) is 83.2 cm³/mol. The first-order valence-corrected chi connectivity index (χ1v) is 7.79. The van der Waals surface area contributed by atoms with Gasteiger partial charge in [-0.25, -0.2) is 0 Å². The van der Waals surface area contributed by atoms with E-state index in [1.165, 1.54) is 27.8 Å². The molecule has 0 saturated heterocycles. The van der Waals surface area contributed by atoms with Gasteiger partial charge in [-0.15, -0.1) is 15.3 Å². The van der Waals surface area contributed by atoms with E-state index in [4.69, 9.17) is 11.6 Å². The molecule has 1 amide bonds. The minimum Gasteiger partial charge on any atom is -0.278 e. The fraction of sp³-hybridized carbons (Fsp3) is 0.0833. The molecule has 21 heavy (non-hydrogen) atoms. The normalized spacial score (nSPS) is 10.6. The molecule has 0 unspecified atom stereocenters. The van der Waals surface area contributed by atoms with Crippen molar-refractivity contribution in [2.45, 2.75) is 6.92 Å². The molecule has 0 atom stereocenters. The fourth-order valence-electron chi connectivity index (χ4n) is 1.67. The van der Waals surface area contributed by atoms with Crippen LogP contribution in [0.2, 0.25) is 5.02 Å². The molecule has 0 aliphatic carbocycles. The Hall–Kier alpha value is -1.90. The van der Waals surface area contributed by atoms with Gasteiger partial charge in [-0.2, -0.15) is 0 Å². The average molecular weight is 338 g/mol. The Morgan fingerprint density at radius 1 is 1.29 bits per heavy atom. The second kappa shape index (κ2) is 5.84. The maximum Gasteiger partial charge on any atom is 0.220 e. The zero-order valence-electron chi connectivity index (χ0n) is 10.7. The van der Waals surface area contributed by atoms with E-state index in [0.29, 0.717) is 27.3 Å². The van der Waals surface area contributed by atoms with E-state index in [1.54, 1.807) is 24.3 Å². The third-order valence-corrected chi connectivity index (χ3v) is 4.80.